The molecule has 1 heterocycles. The van der Waals surface area contributed by atoms with Crippen LogP contribution in [0, 0.1) is 0 Å². The van der Waals surface area contributed by atoms with Crippen LogP contribution < -0.4 is 5.14 Å². The summed E-state index contributed by atoms with van der Waals surface area (Å²) in [4.78, 5) is 0. The highest BCUT2D eigenvalue weighted by Gasteiger charge is 2.29. The third-order valence-corrected chi connectivity index (χ3v) is 3.73. The molecule has 0 saturated heterocycles. The zero-order chi connectivity index (χ0) is 11.8. The summed E-state index contributed by atoms with van der Waals surface area (Å²) in [6, 6.07) is 0. The zero-order valence-electron chi connectivity index (χ0n) is 9.26. The molecule has 1 aromatic heterocycles. The van der Waals surface area contributed by atoms with Gasteiger partial charge in [0.25, 0.3) is 15.2 Å². The number of hydrogen-bond acceptors (Lipinski definition) is 4. The van der Waals surface area contributed by atoms with Crippen molar-refractivity contribution in [3.63, 3.8) is 0 Å². The van der Waals surface area contributed by atoms with Crippen molar-refractivity contribution in [2.24, 2.45) is 5.14 Å². The van der Waals surface area contributed by atoms with Gasteiger partial charge in [0.1, 0.15) is 5.82 Å². The van der Waals surface area contributed by atoms with Crippen LogP contribution >= 0.6 is 0 Å². The summed E-state index contributed by atoms with van der Waals surface area (Å²) in [6.45, 7) is 2.59. The first-order valence-corrected chi connectivity index (χ1v) is 7.04. The van der Waals surface area contributed by atoms with Crippen LogP contribution in [-0.2, 0) is 16.6 Å². The smallest absolute Gasteiger partial charge is 0.273 e. The average molecular weight is 244 g/mol. The molecule has 0 aromatic carbocycles. The molecule has 0 radical (unpaired) electrons. The van der Waals surface area contributed by atoms with Crippen LogP contribution in [0.5, 0.6) is 0 Å². The Hall–Kier alpha value is -0.950. The van der Waals surface area contributed by atoms with E-state index in [9.17, 15) is 8.42 Å². The van der Waals surface area contributed by atoms with Crippen LogP contribution in [0.2, 0.25) is 0 Å². The van der Waals surface area contributed by atoms with Crippen molar-refractivity contribution in [1.82, 2.24) is 14.8 Å². The Kier molecular flexibility index (Phi) is 2.98. The molecule has 2 rings (SSSR count). The van der Waals surface area contributed by atoms with E-state index in [1.54, 1.807) is 4.57 Å². The van der Waals surface area contributed by atoms with Crippen molar-refractivity contribution in [1.29, 1.82) is 0 Å². The Labute approximate surface area is 94.9 Å². The van der Waals surface area contributed by atoms with E-state index in [2.05, 4.69) is 10.2 Å². The van der Waals surface area contributed by atoms with Crippen molar-refractivity contribution in [3.8, 4) is 0 Å². The molecule has 6 nitrogen and oxygen atoms in total. The Morgan fingerprint density at radius 1 is 1.44 bits per heavy atom. The lowest BCUT2D eigenvalue weighted by Gasteiger charge is -2.24. The van der Waals surface area contributed by atoms with Crippen molar-refractivity contribution >= 4 is 10.0 Å². The summed E-state index contributed by atoms with van der Waals surface area (Å²) in [6.07, 6.45) is 4.13. The van der Waals surface area contributed by atoms with Crippen LogP contribution in [0.15, 0.2) is 5.16 Å². The molecule has 1 aliphatic rings. The molecule has 1 fully saturated rings. The minimum absolute atomic E-state index is 0.101. The summed E-state index contributed by atoms with van der Waals surface area (Å²) < 4.78 is 24.3. The van der Waals surface area contributed by atoms with E-state index in [0.717, 1.165) is 25.1 Å². The van der Waals surface area contributed by atoms with Gasteiger partial charge in [-0.1, -0.05) is 13.3 Å². The highest BCUT2D eigenvalue weighted by atomic mass is 32.2. The minimum Gasteiger partial charge on any atom is -0.301 e. The van der Waals surface area contributed by atoms with Crippen molar-refractivity contribution < 1.29 is 8.42 Å². The maximum Gasteiger partial charge on any atom is 0.273 e. The maximum atomic E-state index is 11.3. The Bertz CT molecular complexity index is 476. The van der Waals surface area contributed by atoms with Gasteiger partial charge >= 0.3 is 0 Å². The topological polar surface area (TPSA) is 90.9 Å². The van der Waals surface area contributed by atoms with E-state index in [0.29, 0.717) is 12.5 Å². The van der Waals surface area contributed by atoms with Crippen LogP contribution in [0.3, 0.4) is 0 Å². The van der Waals surface area contributed by atoms with Gasteiger partial charge in [-0.15, -0.1) is 10.2 Å². The molecule has 0 spiro atoms. The van der Waals surface area contributed by atoms with E-state index in [1.807, 2.05) is 6.92 Å². The number of rotatable bonds is 4. The summed E-state index contributed by atoms with van der Waals surface area (Å²) in [5, 5.41) is 12.7. The molecular formula is C9H16N4O2S. The molecule has 0 bridgehead atoms. The van der Waals surface area contributed by atoms with Crippen molar-refractivity contribution in [2.75, 3.05) is 0 Å². The van der Waals surface area contributed by atoms with Gasteiger partial charge in [0.2, 0.25) is 0 Å². The van der Waals surface area contributed by atoms with Crippen LogP contribution in [0.1, 0.15) is 44.3 Å². The lowest BCUT2D eigenvalue weighted by Crippen LogP contribution is -2.21. The number of nitrogens with zero attached hydrogens (tertiary/aromatic N) is 3. The third-order valence-electron chi connectivity index (χ3n) is 2.92. The third kappa shape index (κ3) is 1.97. The molecule has 0 unspecified atom stereocenters. The van der Waals surface area contributed by atoms with E-state index >= 15 is 0 Å². The molecule has 2 N–H and O–H groups in total. The second kappa shape index (κ2) is 4.14. The predicted molar refractivity (Wildman–Crippen MR) is 58.3 cm³/mol. The first-order chi connectivity index (χ1) is 7.54. The maximum absolute atomic E-state index is 11.3. The van der Waals surface area contributed by atoms with Gasteiger partial charge in [0.05, 0.1) is 0 Å². The molecular weight excluding hydrogens is 228 g/mol. The largest absolute Gasteiger partial charge is 0.301 e. The fourth-order valence-electron chi connectivity index (χ4n) is 1.91. The molecule has 0 amide bonds. The van der Waals surface area contributed by atoms with E-state index in [-0.39, 0.29) is 5.16 Å². The number of nitrogens with two attached hydrogens (primary N) is 1. The Balaban J connectivity index is 2.42. The van der Waals surface area contributed by atoms with Crippen molar-refractivity contribution in [3.05, 3.63) is 5.82 Å². The number of hydrogen-bond donors (Lipinski definition) is 1. The van der Waals surface area contributed by atoms with Crippen LogP contribution in [-0.4, -0.2) is 23.2 Å². The number of primary sulfonamides is 1. The number of aromatic nitrogens is 3. The summed E-state index contributed by atoms with van der Waals surface area (Å²) in [7, 11) is -3.76. The zero-order valence-corrected chi connectivity index (χ0v) is 10.1. The standard InChI is InChI=1S/C9H16N4O2S/c1-2-6-13-8(7-4-3-5-7)11-12-9(13)16(10,14)15/h7H,2-6H2,1H3,(H2,10,14,15). The van der Waals surface area contributed by atoms with Crippen LogP contribution in [0.25, 0.3) is 0 Å². The molecule has 1 aliphatic carbocycles. The monoisotopic (exact) mass is 244 g/mol. The lowest BCUT2D eigenvalue weighted by molar-refractivity contribution is 0.381. The Morgan fingerprint density at radius 2 is 2.12 bits per heavy atom. The average Bonchev–Trinajstić information content (AvgIpc) is 2.46. The normalized spacial score (nSPS) is 17.4. The van der Waals surface area contributed by atoms with Crippen LogP contribution in [0.4, 0.5) is 0 Å². The highest BCUT2D eigenvalue weighted by Crippen LogP contribution is 2.35. The molecule has 7 heteroatoms. The molecule has 90 valence electrons. The molecule has 16 heavy (non-hydrogen) atoms. The SMILES string of the molecule is CCCn1c(C2CCC2)nnc1S(N)(=O)=O. The summed E-state index contributed by atoms with van der Waals surface area (Å²) in [5.74, 6) is 1.13. The molecule has 0 atom stereocenters. The van der Waals surface area contributed by atoms with Gasteiger partial charge in [0.15, 0.2) is 0 Å². The van der Waals surface area contributed by atoms with Gasteiger partial charge in [-0.25, -0.2) is 13.6 Å². The second-order valence-corrected chi connectivity index (χ2v) is 5.62. The highest BCUT2D eigenvalue weighted by molar-refractivity contribution is 7.89. The lowest BCUT2D eigenvalue weighted by atomic mass is 9.85. The van der Waals surface area contributed by atoms with Gasteiger partial charge < -0.3 is 4.57 Å². The fourth-order valence-corrected chi connectivity index (χ4v) is 2.56. The molecule has 0 aliphatic heterocycles. The first kappa shape index (κ1) is 11.5. The Morgan fingerprint density at radius 3 is 2.56 bits per heavy atom. The molecule has 1 saturated carbocycles. The van der Waals surface area contributed by atoms with E-state index in [4.69, 9.17) is 5.14 Å². The quantitative estimate of drug-likeness (QED) is 0.839. The second-order valence-electron chi connectivity index (χ2n) is 4.17. The van der Waals surface area contributed by atoms with Crippen molar-refractivity contribution in [2.45, 2.75) is 50.2 Å². The fraction of sp³-hybridized carbons (Fsp3) is 0.778. The van der Waals surface area contributed by atoms with Gasteiger partial charge in [0, 0.05) is 12.5 Å². The van der Waals surface area contributed by atoms with Gasteiger partial charge in [-0.3, -0.25) is 0 Å². The number of sulfonamides is 1. The molecule has 1 aromatic rings. The van der Waals surface area contributed by atoms with E-state index in [1.165, 1.54) is 6.42 Å². The van der Waals surface area contributed by atoms with E-state index < -0.39 is 10.0 Å². The summed E-state index contributed by atoms with van der Waals surface area (Å²) in [5.41, 5.74) is 0. The summed E-state index contributed by atoms with van der Waals surface area (Å²) >= 11 is 0. The first-order valence-electron chi connectivity index (χ1n) is 5.50. The van der Waals surface area contributed by atoms with Gasteiger partial charge in [-0.05, 0) is 19.3 Å². The minimum atomic E-state index is -3.76. The predicted octanol–water partition coefficient (Wildman–Crippen LogP) is 0.603. The van der Waals surface area contributed by atoms with Gasteiger partial charge in [-0.2, -0.15) is 0 Å².